The molecule has 0 aromatic carbocycles. The predicted molar refractivity (Wildman–Crippen MR) is 82.6 cm³/mol. The van der Waals surface area contributed by atoms with E-state index in [9.17, 15) is 15.2 Å². The quantitative estimate of drug-likeness (QED) is 0.622. The van der Waals surface area contributed by atoms with E-state index in [-0.39, 0.29) is 29.8 Å². The van der Waals surface area contributed by atoms with Gasteiger partial charge in [-0.2, -0.15) is 5.10 Å². The average molecular weight is 298 g/mol. The Hall–Kier alpha value is -1.63. The summed E-state index contributed by atoms with van der Waals surface area (Å²) >= 11 is 0. The first-order valence-electron chi connectivity index (χ1n) is 7.20. The number of anilines is 1. The second kappa shape index (κ2) is 6.43. The van der Waals surface area contributed by atoms with Gasteiger partial charge in [0, 0.05) is 18.7 Å². The maximum atomic E-state index is 11.3. The van der Waals surface area contributed by atoms with Gasteiger partial charge in [0.25, 0.3) is 0 Å². The van der Waals surface area contributed by atoms with E-state index in [4.69, 9.17) is 0 Å². The van der Waals surface area contributed by atoms with Crippen LogP contribution in [0.3, 0.4) is 0 Å². The summed E-state index contributed by atoms with van der Waals surface area (Å²) in [4.78, 5) is 10.9. The van der Waals surface area contributed by atoms with Crippen LogP contribution in [0.15, 0.2) is 0 Å². The molecule has 0 aliphatic heterocycles. The first-order chi connectivity index (χ1) is 9.59. The van der Waals surface area contributed by atoms with Gasteiger partial charge < -0.3 is 10.4 Å². The maximum Gasteiger partial charge on any atom is 0.333 e. The summed E-state index contributed by atoms with van der Waals surface area (Å²) in [5.41, 5.74) is 0.264. The van der Waals surface area contributed by atoms with Crippen molar-refractivity contribution in [2.24, 2.45) is 5.41 Å². The minimum atomic E-state index is -0.401. The summed E-state index contributed by atoms with van der Waals surface area (Å²) in [5, 5.41) is 28.1. The second-order valence-electron chi connectivity index (χ2n) is 6.65. The van der Waals surface area contributed by atoms with Crippen molar-refractivity contribution in [1.82, 2.24) is 9.78 Å². The Bertz CT molecular complexity index is 503. The highest BCUT2D eigenvalue weighted by Crippen LogP contribution is 2.34. The molecule has 1 unspecified atom stereocenters. The summed E-state index contributed by atoms with van der Waals surface area (Å²) < 4.78 is 1.64. The molecule has 21 heavy (non-hydrogen) atoms. The Balaban J connectivity index is 3.29. The van der Waals surface area contributed by atoms with Gasteiger partial charge in [-0.1, -0.05) is 20.8 Å². The molecule has 0 radical (unpaired) electrons. The summed E-state index contributed by atoms with van der Waals surface area (Å²) in [6, 6.07) is -0.0792. The molecule has 0 spiro atoms. The van der Waals surface area contributed by atoms with Gasteiger partial charge in [-0.3, -0.25) is 10.1 Å². The van der Waals surface area contributed by atoms with Gasteiger partial charge in [0.1, 0.15) is 5.69 Å². The molecule has 0 amide bonds. The average Bonchev–Trinajstić information content (AvgIpc) is 2.64. The van der Waals surface area contributed by atoms with Crippen molar-refractivity contribution >= 4 is 11.5 Å². The van der Waals surface area contributed by atoms with Crippen molar-refractivity contribution < 1.29 is 10.0 Å². The van der Waals surface area contributed by atoms with E-state index in [2.05, 4.69) is 10.4 Å². The van der Waals surface area contributed by atoms with E-state index in [1.807, 2.05) is 34.6 Å². The number of hydrogen-bond donors (Lipinski definition) is 2. The minimum Gasteiger partial charge on any atom is -0.396 e. The number of aliphatic hydroxyl groups excluding tert-OH is 1. The fourth-order valence-corrected chi connectivity index (χ4v) is 2.28. The fraction of sp³-hybridized carbons (Fsp3) is 0.786. The topological polar surface area (TPSA) is 93.2 Å². The molecule has 7 heteroatoms. The predicted octanol–water partition coefficient (Wildman–Crippen LogP) is 2.89. The Kier molecular flexibility index (Phi) is 5.33. The van der Waals surface area contributed by atoms with Gasteiger partial charge in [-0.25, -0.2) is 4.68 Å². The molecule has 1 aromatic heterocycles. The molecule has 1 rings (SSSR count). The highest BCUT2D eigenvalue weighted by Gasteiger charge is 2.31. The molecule has 7 nitrogen and oxygen atoms in total. The lowest BCUT2D eigenvalue weighted by Crippen LogP contribution is -2.36. The number of nitrogens with one attached hydrogen (secondary N) is 1. The molecule has 1 aromatic rings. The van der Waals surface area contributed by atoms with Crippen molar-refractivity contribution in [2.45, 2.75) is 60.0 Å². The molecule has 0 aliphatic rings. The standard InChI is InChI=1S/C14H26N4O3/c1-9(2)17-13(12(18(20)21)10(3)16-17)15-11(7-8-19)14(4,5)6/h9,11,15,19H,7-8H2,1-6H3. The summed E-state index contributed by atoms with van der Waals surface area (Å²) in [5.74, 6) is 0.417. The Labute approximate surface area is 125 Å². The van der Waals surface area contributed by atoms with Crippen molar-refractivity contribution in [1.29, 1.82) is 0 Å². The van der Waals surface area contributed by atoms with Crippen LogP contribution in [0.4, 0.5) is 11.5 Å². The Morgan fingerprint density at radius 2 is 2.00 bits per heavy atom. The van der Waals surface area contributed by atoms with Crippen molar-refractivity contribution in [3.63, 3.8) is 0 Å². The first-order valence-corrected chi connectivity index (χ1v) is 7.20. The molecule has 0 aliphatic carbocycles. The first kappa shape index (κ1) is 17.4. The van der Waals surface area contributed by atoms with Crippen molar-refractivity contribution in [3.8, 4) is 0 Å². The van der Waals surface area contributed by atoms with Crippen LogP contribution in [-0.2, 0) is 0 Å². The fourth-order valence-electron chi connectivity index (χ4n) is 2.28. The zero-order valence-electron chi connectivity index (χ0n) is 13.7. The minimum absolute atomic E-state index is 0.00893. The summed E-state index contributed by atoms with van der Waals surface area (Å²) in [7, 11) is 0. The maximum absolute atomic E-state index is 11.3. The Morgan fingerprint density at radius 3 is 2.38 bits per heavy atom. The number of rotatable bonds is 6. The van der Waals surface area contributed by atoms with Gasteiger partial charge in [-0.05, 0) is 32.6 Å². The monoisotopic (exact) mass is 298 g/mol. The lowest BCUT2D eigenvalue weighted by molar-refractivity contribution is -0.384. The Morgan fingerprint density at radius 1 is 1.43 bits per heavy atom. The van der Waals surface area contributed by atoms with Gasteiger partial charge >= 0.3 is 5.69 Å². The molecular weight excluding hydrogens is 272 g/mol. The third-order valence-electron chi connectivity index (χ3n) is 3.50. The third-order valence-corrected chi connectivity index (χ3v) is 3.50. The smallest absolute Gasteiger partial charge is 0.333 e. The normalized spacial score (nSPS) is 13.5. The van der Waals surface area contributed by atoms with E-state index < -0.39 is 4.92 Å². The van der Waals surface area contributed by atoms with Gasteiger partial charge in [-0.15, -0.1) is 0 Å². The van der Waals surface area contributed by atoms with Crippen LogP contribution < -0.4 is 5.32 Å². The molecule has 0 saturated heterocycles. The van der Waals surface area contributed by atoms with Crippen LogP contribution in [0.25, 0.3) is 0 Å². The van der Waals surface area contributed by atoms with Crippen molar-refractivity contribution in [3.05, 3.63) is 15.8 Å². The highest BCUT2D eigenvalue weighted by atomic mass is 16.6. The second-order valence-corrected chi connectivity index (χ2v) is 6.65. The van der Waals surface area contributed by atoms with E-state index in [1.54, 1.807) is 11.6 Å². The van der Waals surface area contributed by atoms with Crippen LogP contribution in [0, 0.1) is 22.5 Å². The molecule has 0 bridgehead atoms. The molecule has 0 fully saturated rings. The largest absolute Gasteiger partial charge is 0.396 e. The lowest BCUT2D eigenvalue weighted by atomic mass is 9.85. The molecule has 120 valence electrons. The molecule has 1 heterocycles. The van der Waals surface area contributed by atoms with Crippen LogP contribution in [0.2, 0.25) is 0 Å². The lowest BCUT2D eigenvalue weighted by Gasteiger charge is -2.32. The number of hydrogen-bond acceptors (Lipinski definition) is 5. The van der Waals surface area contributed by atoms with E-state index in [0.717, 1.165) is 0 Å². The zero-order valence-corrected chi connectivity index (χ0v) is 13.7. The highest BCUT2D eigenvalue weighted by molar-refractivity contribution is 5.60. The van der Waals surface area contributed by atoms with Gasteiger partial charge in [0.2, 0.25) is 5.82 Å². The third kappa shape index (κ3) is 3.93. The number of nitro groups is 1. The van der Waals surface area contributed by atoms with Gasteiger partial charge in [0.15, 0.2) is 0 Å². The zero-order chi connectivity index (χ0) is 16.4. The molecule has 0 saturated carbocycles. The molecular formula is C14H26N4O3. The number of aryl methyl sites for hydroxylation is 1. The van der Waals surface area contributed by atoms with Crippen LogP contribution in [-0.4, -0.2) is 32.5 Å². The SMILES string of the molecule is Cc1nn(C(C)C)c(NC(CCO)C(C)(C)C)c1[N+](=O)[O-]. The van der Waals surface area contributed by atoms with Crippen LogP contribution >= 0.6 is 0 Å². The molecule has 1 atom stereocenters. The van der Waals surface area contributed by atoms with Crippen molar-refractivity contribution in [2.75, 3.05) is 11.9 Å². The summed E-state index contributed by atoms with van der Waals surface area (Å²) in [6.45, 7) is 11.6. The molecule has 2 N–H and O–H groups in total. The van der Waals surface area contributed by atoms with E-state index >= 15 is 0 Å². The van der Waals surface area contributed by atoms with E-state index in [0.29, 0.717) is 17.9 Å². The number of aliphatic hydroxyl groups is 1. The van der Waals surface area contributed by atoms with Crippen LogP contribution in [0.5, 0.6) is 0 Å². The van der Waals surface area contributed by atoms with Gasteiger partial charge in [0.05, 0.1) is 4.92 Å². The summed E-state index contributed by atoms with van der Waals surface area (Å²) in [6.07, 6.45) is 0.517. The number of aromatic nitrogens is 2. The van der Waals surface area contributed by atoms with Crippen LogP contribution in [0.1, 0.15) is 52.8 Å². The number of nitrogens with zero attached hydrogens (tertiary/aromatic N) is 3. The van der Waals surface area contributed by atoms with E-state index in [1.165, 1.54) is 0 Å².